The third-order valence-electron chi connectivity index (χ3n) is 2.01. The summed E-state index contributed by atoms with van der Waals surface area (Å²) >= 11 is 0. The molecule has 0 aliphatic heterocycles. The zero-order valence-electron chi connectivity index (χ0n) is 9.16. The van der Waals surface area contributed by atoms with Crippen molar-refractivity contribution in [2.24, 2.45) is 12.8 Å². The molecule has 84 valence electrons. The van der Waals surface area contributed by atoms with Crippen molar-refractivity contribution in [1.82, 2.24) is 19.7 Å². The van der Waals surface area contributed by atoms with Crippen molar-refractivity contribution in [2.45, 2.75) is 13.0 Å². The standard InChI is InChI=1S/C10H13N5O/c1-7(11)9-4-3-8(5-12-9)16-10-13-6-15(2)14-10/h3-7H,11H2,1-2H3. The molecule has 0 radical (unpaired) electrons. The maximum absolute atomic E-state index is 5.69. The zero-order valence-corrected chi connectivity index (χ0v) is 9.16. The number of aryl methyl sites for hydroxylation is 1. The molecule has 2 aromatic heterocycles. The van der Waals surface area contributed by atoms with Gasteiger partial charge in [0.25, 0.3) is 0 Å². The lowest BCUT2D eigenvalue weighted by molar-refractivity contribution is 0.436. The second-order valence-electron chi connectivity index (χ2n) is 3.51. The molecule has 2 heterocycles. The summed E-state index contributed by atoms with van der Waals surface area (Å²) in [5.74, 6) is 0.593. The highest BCUT2D eigenvalue weighted by Crippen LogP contribution is 2.17. The Balaban J connectivity index is 2.11. The fourth-order valence-corrected chi connectivity index (χ4v) is 1.19. The maximum atomic E-state index is 5.69. The molecular formula is C10H13N5O. The topological polar surface area (TPSA) is 78.9 Å². The fraction of sp³-hybridized carbons (Fsp3) is 0.300. The molecule has 0 aromatic carbocycles. The lowest BCUT2D eigenvalue weighted by Gasteiger charge is -2.05. The molecule has 2 aromatic rings. The zero-order chi connectivity index (χ0) is 11.5. The van der Waals surface area contributed by atoms with Crippen LogP contribution in [0.4, 0.5) is 0 Å². The van der Waals surface area contributed by atoms with Crippen LogP contribution in [0.3, 0.4) is 0 Å². The first kappa shape index (κ1) is 10.6. The highest BCUT2D eigenvalue weighted by Gasteiger charge is 2.04. The largest absolute Gasteiger partial charge is 0.422 e. The van der Waals surface area contributed by atoms with Crippen LogP contribution in [0.2, 0.25) is 0 Å². The number of hydrogen-bond donors (Lipinski definition) is 1. The van der Waals surface area contributed by atoms with Gasteiger partial charge >= 0.3 is 6.01 Å². The third kappa shape index (κ3) is 2.34. The van der Waals surface area contributed by atoms with E-state index in [0.717, 1.165) is 5.69 Å². The number of nitrogens with zero attached hydrogens (tertiary/aromatic N) is 4. The Morgan fingerprint density at radius 1 is 1.38 bits per heavy atom. The summed E-state index contributed by atoms with van der Waals surface area (Å²) in [6, 6.07) is 3.84. The van der Waals surface area contributed by atoms with Gasteiger partial charge in [-0.05, 0) is 19.1 Å². The summed E-state index contributed by atoms with van der Waals surface area (Å²) in [6.45, 7) is 1.88. The highest BCUT2D eigenvalue weighted by atomic mass is 16.5. The minimum atomic E-state index is -0.0815. The molecule has 0 amide bonds. The van der Waals surface area contributed by atoms with Gasteiger partial charge in [-0.25, -0.2) is 0 Å². The SMILES string of the molecule is CC(N)c1ccc(Oc2ncn(C)n2)cn1. The van der Waals surface area contributed by atoms with Crippen LogP contribution < -0.4 is 10.5 Å². The molecule has 0 saturated carbocycles. The number of rotatable bonds is 3. The Hall–Kier alpha value is -1.95. The van der Waals surface area contributed by atoms with E-state index in [2.05, 4.69) is 15.1 Å². The first-order valence-electron chi connectivity index (χ1n) is 4.90. The molecule has 6 heteroatoms. The second-order valence-corrected chi connectivity index (χ2v) is 3.51. The lowest BCUT2D eigenvalue weighted by Crippen LogP contribution is -2.06. The summed E-state index contributed by atoms with van der Waals surface area (Å²) in [6.07, 6.45) is 3.17. The molecule has 6 nitrogen and oxygen atoms in total. The van der Waals surface area contributed by atoms with E-state index in [1.807, 2.05) is 13.0 Å². The van der Waals surface area contributed by atoms with Crippen molar-refractivity contribution < 1.29 is 4.74 Å². The monoisotopic (exact) mass is 219 g/mol. The Morgan fingerprint density at radius 2 is 2.19 bits per heavy atom. The van der Waals surface area contributed by atoms with Gasteiger partial charge in [-0.15, -0.1) is 5.10 Å². The Morgan fingerprint density at radius 3 is 2.69 bits per heavy atom. The minimum Gasteiger partial charge on any atom is -0.422 e. The van der Waals surface area contributed by atoms with Gasteiger partial charge in [0.15, 0.2) is 0 Å². The highest BCUT2D eigenvalue weighted by molar-refractivity contribution is 5.23. The second kappa shape index (κ2) is 4.28. The van der Waals surface area contributed by atoms with Crippen LogP contribution in [0.15, 0.2) is 24.7 Å². The van der Waals surface area contributed by atoms with E-state index in [-0.39, 0.29) is 6.04 Å². The van der Waals surface area contributed by atoms with Gasteiger partial charge in [0.05, 0.1) is 11.9 Å². The Labute approximate surface area is 93.1 Å². The molecule has 2 N–H and O–H groups in total. The van der Waals surface area contributed by atoms with Crippen molar-refractivity contribution in [1.29, 1.82) is 0 Å². The smallest absolute Gasteiger partial charge is 0.341 e. The average Bonchev–Trinajstić information content (AvgIpc) is 2.65. The molecule has 0 aliphatic rings. The molecular weight excluding hydrogens is 206 g/mol. The molecule has 1 atom stereocenters. The molecule has 0 bridgehead atoms. The summed E-state index contributed by atoms with van der Waals surface area (Å²) in [5, 5.41) is 3.99. The molecule has 0 aliphatic carbocycles. The van der Waals surface area contributed by atoms with Crippen LogP contribution >= 0.6 is 0 Å². The van der Waals surface area contributed by atoms with Crippen molar-refractivity contribution in [2.75, 3.05) is 0 Å². The van der Waals surface area contributed by atoms with E-state index in [0.29, 0.717) is 11.8 Å². The number of hydrogen-bond acceptors (Lipinski definition) is 5. The van der Waals surface area contributed by atoms with Gasteiger partial charge in [0.1, 0.15) is 12.1 Å². The predicted molar refractivity (Wildman–Crippen MR) is 57.9 cm³/mol. The molecule has 1 unspecified atom stereocenters. The molecule has 0 saturated heterocycles. The van der Waals surface area contributed by atoms with Crippen LogP contribution in [0.25, 0.3) is 0 Å². The molecule has 0 spiro atoms. The number of ether oxygens (including phenoxy) is 1. The summed E-state index contributed by atoms with van der Waals surface area (Å²) < 4.78 is 6.96. The van der Waals surface area contributed by atoms with Crippen molar-refractivity contribution in [3.05, 3.63) is 30.4 Å². The van der Waals surface area contributed by atoms with E-state index >= 15 is 0 Å². The Bertz CT molecular complexity index is 462. The first-order valence-corrected chi connectivity index (χ1v) is 4.90. The third-order valence-corrected chi connectivity index (χ3v) is 2.01. The minimum absolute atomic E-state index is 0.0815. The molecule has 16 heavy (non-hydrogen) atoms. The molecule has 0 fully saturated rings. The Kier molecular flexibility index (Phi) is 2.82. The number of pyridine rings is 1. The maximum Gasteiger partial charge on any atom is 0.341 e. The van der Waals surface area contributed by atoms with E-state index in [1.165, 1.54) is 0 Å². The van der Waals surface area contributed by atoms with Gasteiger partial charge in [-0.2, -0.15) is 4.98 Å². The van der Waals surface area contributed by atoms with Crippen molar-refractivity contribution in [3.8, 4) is 11.8 Å². The fourth-order valence-electron chi connectivity index (χ4n) is 1.19. The molecule has 2 rings (SSSR count). The van der Waals surface area contributed by atoms with E-state index < -0.39 is 0 Å². The van der Waals surface area contributed by atoms with E-state index in [1.54, 1.807) is 30.3 Å². The van der Waals surface area contributed by atoms with Crippen molar-refractivity contribution in [3.63, 3.8) is 0 Å². The first-order chi connectivity index (χ1) is 7.65. The van der Waals surface area contributed by atoms with Crippen LogP contribution in [-0.4, -0.2) is 19.7 Å². The summed E-state index contributed by atoms with van der Waals surface area (Å²) in [4.78, 5) is 8.11. The summed E-state index contributed by atoms with van der Waals surface area (Å²) in [5.41, 5.74) is 6.51. The van der Waals surface area contributed by atoms with Gasteiger partial charge < -0.3 is 10.5 Å². The number of nitrogens with two attached hydrogens (primary N) is 1. The van der Waals surface area contributed by atoms with Gasteiger partial charge in [-0.1, -0.05) is 0 Å². The average molecular weight is 219 g/mol. The van der Waals surface area contributed by atoms with E-state index in [9.17, 15) is 0 Å². The predicted octanol–water partition coefficient (Wildman–Crippen LogP) is 1.02. The van der Waals surface area contributed by atoms with Gasteiger partial charge in [0, 0.05) is 13.1 Å². The van der Waals surface area contributed by atoms with Gasteiger partial charge in [-0.3, -0.25) is 9.67 Å². The van der Waals surface area contributed by atoms with E-state index in [4.69, 9.17) is 10.5 Å². The van der Waals surface area contributed by atoms with Crippen LogP contribution in [0, 0.1) is 0 Å². The number of aromatic nitrogens is 4. The quantitative estimate of drug-likeness (QED) is 0.833. The van der Waals surface area contributed by atoms with Crippen LogP contribution in [-0.2, 0) is 7.05 Å². The van der Waals surface area contributed by atoms with Crippen LogP contribution in [0.1, 0.15) is 18.7 Å². The van der Waals surface area contributed by atoms with Crippen LogP contribution in [0.5, 0.6) is 11.8 Å². The van der Waals surface area contributed by atoms with Crippen molar-refractivity contribution >= 4 is 0 Å². The lowest BCUT2D eigenvalue weighted by atomic mass is 10.2. The van der Waals surface area contributed by atoms with Gasteiger partial charge in [0.2, 0.25) is 0 Å². The normalized spacial score (nSPS) is 12.4. The summed E-state index contributed by atoms with van der Waals surface area (Å²) in [7, 11) is 1.78.